The van der Waals surface area contributed by atoms with Crippen LogP contribution in [0, 0.1) is 0 Å². The van der Waals surface area contributed by atoms with Crippen molar-refractivity contribution in [2.45, 2.75) is 12.8 Å². The smallest absolute Gasteiger partial charge is 0.211 e. The molecule has 0 fully saturated rings. The summed E-state index contributed by atoms with van der Waals surface area (Å²) in [6.45, 7) is 0. The number of oxazole rings is 1. The normalized spacial score (nSPS) is 10.5. The maximum Gasteiger partial charge on any atom is 0.211 e. The van der Waals surface area contributed by atoms with Crippen LogP contribution in [-0.4, -0.2) is 4.98 Å². The Morgan fingerprint density at radius 2 is 2.20 bits per heavy atom. The zero-order chi connectivity index (χ0) is 10.7. The average Bonchev–Trinajstić information content (AvgIpc) is 2.62. The Balaban J connectivity index is 1.99. The third-order valence-electron chi connectivity index (χ3n) is 2.09. The highest BCUT2D eigenvalue weighted by atomic mass is 35.5. The topological polar surface area (TPSA) is 52.0 Å². The molecule has 1 aromatic carbocycles. The van der Waals surface area contributed by atoms with E-state index in [-0.39, 0.29) is 0 Å². The highest BCUT2D eigenvalue weighted by Crippen LogP contribution is 2.13. The number of halogens is 1. The number of rotatable bonds is 3. The standard InChI is InChI=1S/C11H11ClN2O/c12-9-3-1-2-8(6-9)4-5-11-14-7-10(13)15-11/h1-3,6-7H,4-5,13H2. The number of nitrogens with two attached hydrogens (primary N) is 1. The van der Waals surface area contributed by atoms with Crippen LogP contribution in [0.3, 0.4) is 0 Å². The Kier molecular flexibility index (Phi) is 2.92. The summed E-state index contributed by atoms with van der Waals surface area (Å²) in [7, 11) is 0. The molecule has 3 nitrogen and oxygen atoms in total. The first-order valence-electron chi connectivity index (χ1n) is 4.68. The van der Waals surface area contributed by atoms with Crippen molar-refractivity contribution < 1.29 is 4.42 Å². The van der Waals surface area contributed by atoms with Gasteiger partial charge in [-0.05, 0) is 24.1 Å². The lowest BCUT2D eigenvalue weighted by Crippen LogP contribution is -1.91. The summed E-state index contributed by atoms with van der Waals surface area (Å²) in [6, 6.07) is 7.75. The fraction of sp³-hybridized carbons (Fsp3) is 0.182. The Labute approximate surface area is 92.9 Å². The van der Waals surface area contributed by atoms with Gasteiger partial charge in [0.2, 0.25) is 5.88 Å². The predicted octanol–water partition coefficient (Wildman–Crippen LogP) is 2.70. The number of nitrogen functional groups attached to an aromatic ring is 1. The van der Waals surface area contributed by atoms with Crippen molar-refractivity contribution in [2.24, 2.45) is 0 Å². The molecule has 2 rings (SSSR count). The van der Waals surface area contributed by atoms with E-state index in [1.165, 1.54) is 11.8 Å². The molecule has 0 bridgehead atoms. The maximum absolute atomic E-state index is 5.87. The molecular formula is C11H11ClN2O. The SMILES string of the molecule is Nc1cnc(CCc2cccc(Cl)c2)o1. The zero-order valence-electron chi connectivity index (χ0n) is 8.11. The molecule has 0 amide bonds. The van der Waals surface area contributed by atoms with Crippen molar-refractivity contribution >= 4 is 17.5 Å². The van der Waals surface area contributed by atoms with Gasteiger partial charge in [-0.1, -0.05) is 23.7 Å². The molecule has 2 aromatic rings. The van der Waals surface area contributed by atoms with Gasteiger partial charge in [0.1, 0.15) is 0 Å². The van der Waals surface area contributed by atoms with Crippen LogP contribution in [0.4, 0.5) is 5.88 Å². The van der Waals surface area contributed by atoms with Crippen LogP contribution in [-0.2, 0) is 12.8 Å². The molecule has 0 unspecified atom stereocenters. The number of hydrogen-bond donors (Lipinski definition) is 1. The zero-order valence-corrected chi connectivity index (χ0v) is 8.87. The Hall–Kier alpha value is -1.48. The van der Waals surface area contributed by atoms with Crippen LogP contribution in [0.5, 0.6) is 0 Å². The molecule has 1 aromatic heterocycles. The van der Waals surface area contributed by atoms with Gasteiger partial charge in [0.25, 0.3) is 0 Å². The van der Waals surface area contributed by atoms with E-state index in [4.69, 9.17) is 21.8 Å². The summed E-state index contributed by atoms with van der Waals surface area (Å²) in [6.07, 6.45) is 3.10. The number of aromatic nitrogens is 1. The monoisotopic (exact) mass is 222 g/mol. The molecule has 0 spiro atoms. The van der Waals surface area contributed by atoms with Crippen molar-refractivity contribution in [2.75, 3.05) is 5.73 Å². The van der Waals surface area contributed by atoms with Gasteiger partial charge in [0.15, 0.2) is 5.89 Å². The third kappa shape index (κ3) is 2.73. The lowest BCUT2D eigenvalue weighted by Gasteiger charge is -1.98. The van der Waals surface area contributed by atoms with Crippen LogP contribution < -0.4 is 5.73 Å². The Morgan fingerprint density at radius 1 is 1.33 bits per heavy atom. The van der Waals surface area contributed by atoms with Gasteiger partial charge in [-0.25, -0.2) is 4.98 Å². The lowest BCUT2D eigenvalue weighted by molar-refractivity contribution is 0.509. The van der Waals surface area contributed by atoms with Gasteiger partial charge in [-0.2, -0.15) is 0 Å². The highest BCUT2D eigenvalue weighted by Gasteiger charge is 2.01. The van der Waals surface area contributed by atoms with Crippen molar-refractivity contribution in [3.63, 3.8) is 0 Å². The summed E-state index contributed by atoms with van der Waals surface area (Å²) in [5.74, 6) is 1.02. The van der Waals surface area contributed by atoms with E-state index < -0.39 is 0 Å². The third-order valence-corrected chi connectivity index (χ3v) is 2.32. The van der Waals surface area contributed by atoms with Crippen molar-refractivity contribution in [1.29, 1.82) is 0 Å². The summed E-state index contributed by atoms with van der Waals surface area (Å²) in [5, 5.41) is 0.749. The van der Waals surface area contributed by atoms with Gasteiger partial charge < -0.3 is 10.2 Å². The van der Waals surface area contributed by atoms with Gasteiger partial charge in [0, 0.05) is 11.4 Å². The quantitative estimate of drug-likeness (QED) is 0.869. The van der Waals surface area contributed by atoms with E-state index in [2.05, 4.69) is 4.98 Å². The second kappa shape index (κ2) is 4.36. The van der Waals surface area contributed by atoms with E-state index in [1.807, 2.05) is 24.3 Å². The molecule has 0 aliphatic heterocycles. The molecule has 0 radical (unpaired) electrons. The molecule has 4 heteroatoms. The molecule has 0 aliphatic rings. The minimum absolute atomic E-state index is 0.357. The van der Waals surface area contributed by atoms with E-state index in [9.17, 15) is 0 Å². The molecule has 0 saturated heterocycles. The number of benzene rings is 1. The maximum atomic E-state index is 5.87. The number of hydrogen-bond acceptors (Lipinski definition) is 3. The first kappa shape index (κ1) is 10.1. The second-order valence-corrected chi connectivity index (χ2v) is 3.72. The predicted molar refractivity (Wildman–Crippen MR) is 59.8 cm³/mol. The number of aryl methyl sites for hydroxylation is 2. The number of anilines is 1. The molecule has 2 N–H and O–H groups in total. The van der Waals surface area contributed by atoms with Crippen LogP contribution in [0.25, 0.3) is 0 Å². The van der Waals surface area contributed by atoms with Gasteiger partial charge in [0.05, 0.1) is 6.20 Å². The molecule has 0 saturated carbocycles. The van der Waals surface area contributed by atoms with Crippen LogP contribution in [0.1, 0.15) is 11.5 Å². The van der Waals surface area contributed by atoms with E-state index in [1.54, 1.807) is 0 Å². The Bertz CT molecular complexity index is 453. The van der Waals surface area contributed by atoms with E-state index in [0.717, 1.165) is 17.9 Å². The molecule has 15 heavy (non-hydrogen) atoms. The van der Waals surface area contributed by atoms with Crippen LogP contribution in [0.15, 0.2) is 34.9 Å². The van der Waals surface area contributed by atoms with Crippen LogP contribution >= 0.6 is 11.6 Å². The second-order valence-electron chi connectivity index (χ2n) is 3.29. The molecule has 0 atom stereocenters. The van der Waals surface area contributed by atoms with E-state index >= 15 is 0 Å². The average molecular weight is 223 g/mol. The largest absolute Gasteiger partial charge is 0.426 e. The van der Waals surface area contributed by atoms with Gasteiger partial charge >= 0.3 is 0 Å². The summed E-state index contributed by atoms with van der Waals surface area (Å²) < 4.78 is 5.17. The minimum atomic E-state index is 0.357. The first-order valence-corrected chi connectivity index (χ1v) is 5.06. The first-order chi connectivity index (χ1) is 7.24. The summed E-state index contributed by atoms with van der Waals surface area (Å²) in [4.78, 5) is 4.03. The van der Waals surface area contributed by atoms with Crippen LogP contribution in [0.2, 0.25) is 5.02 Å². The molecule has 0 aliphatic carbocycles. The molecule has 1 heterocycles. The molecule has 78 valence electrons. The highest BCUT2D eigenvalue weighted by molar-refractivity contribution is 6.30. The van der Waals surface area contributed by atoms with Crippen molar-refractivity contribution in [3.05, 3.63) is 46.9 Å². The molecular weight excluding hydrogens is 212 g/mol. The summed E-state index contributed by atoms with van der Waals surface area (Å²) in [5.41, 5.74) is 6.59. The fourth-order valence-corrected chi connectivity index (χ4v) is 1.60. The fourth-order valence-electron chi connectivity index (χ4n) is 1.38. The Morgan fingerprint density at radius 3 is 2.87 bits per heavy atom. The number of nitrogens with zero attached hydrogens (tertiary/aromatic N) is 1. The van der Waals surface area contributed by atoms with Gasteiger partial charge in [-0.3, -0.25) is 0 Å². The lowest BCUT2D eigenvalue weighted by atomic mass is 10.1. The minimum Gasteiger partial charge on any atom is -0.426 e. The van der Waals surface area contributed by atoms with E-state index in [0.29, 0.717) is 11.8 Å². The van der Waals surface area contributed by atoms with Crippen molar-refractivity contribution in [3.8, 4) is 0 Å². The van der Waals surface area contributed by atoms with Crippen molar-refractivity contribution in [1.82, 2.24) is 4.98 Å². The van der Waals surface area contributed by atoms with Gasteiger partial charge in [-0.15, -0.1) is 0 Å². The summed E-state index contributed by atoms with van der Waals surface area (Å²) >= 11 is 5.87.